The SMILES string of the molecule is CC(N)CCCC(C)C(=O)NC1(C)CCC1. The first-order valence-corrected chi connectivity index (χ1v) is 6.50. The summed E-state index contributed by atoms with van der Waals surface area (Å²) in [6, 6.07) is 0.249. The van der Waals surface area contributed by atoms with Crippen molar-refractivity contribution in [1.82, 2.24) is 5.32 Å². The predicted molar refractivity (Wildman–Crippen MR) is 67.1 cm³/mol. The van der Waals surface area contributed by atoms with Crippen LogP contribution in [0.1, 0.15) is 59.3 Å². The van der Waals surface area contributed by atoms with E-state index in [9.17, 15) is 4.79 Å². The minimum atomic E-state index is 0.0898. The van der Waals surface area contributed by atoms with Crippen molar-refractivity contribution in [2.24, 2.45) is 11.7 Å². The molecule has 0 aliphatic heterocycles. The van der Waals surface area contributed by atoms with E-state index in [-0.39, 0.29) is 23.4 Å². The second-order valence-corrected chi connectivity index (χ2v) is 5.71. The van der Waals surface area contributed by atoms with Crippen LogP contribution in [0.4, 0.5) is 0 Å². The highest BCUT2D eigenvalue weighted by molar-refractivity contribution is 5.79. The smallest absolute Gasteiger partial charge is 0.223 e. The number of carbonyl (C=O) groups is 1. The lowest BCUT2D eigenvalue weighted by molar-refractivity contribution is -0.127. The van der Waals surface area contributed by atoms with Gasteiger partial charge in [0.1, 0.15) is 0 Å². The summed E-state index contributed by atoms with van der Waals surface area (Å²) < 4.78 is 0. The molecule has 16 heavy (non-hydrogen) atoms. The maximum absolute atomic E-state index is 11.9. The lowest BCUT2D eigenvalue weighted by atomic mass is 9.78. The van der Waals surface area contributed by atoms with E-state index in [4.69, 9.17) is 5.73 Å². The maximum atomic E-state index is 11.9. The Labute approximate surface area is 99.2 Å². The number of hydrogen-bond acceptors (Lipinski definition) is 2. The molecule has 1 fully saturated rings. The van der Waals surface area contributed by atoms with Gasteiger partial charge >= 0.3 is 0 Å². The van der Waals surface area contributed by atoms with Crippen molar-refractivity contribution in [3.05, 3.63) is 0 Å². The first-order chi connectivity index (χ1) is 7.43. The van der Waals surface area contributed by atoms with E-state index in [2.05, 4.69) is 12.2 Å². The van der Waals surface area contributed by atoms with E-state index in [1.54, 1.807) is 0 Å². The van der Waals surface area contributed by atoms with Crippen molar-refractivity contribution in [2.45, 2.75) is 70.9 Å². The molecule has 0 bridgehead atoms. The van der Waals surface area contributed by atoms with E-state index < -0.39 is 0 Å². The Hall–Kier alpha value is -0.570. The van der Waals surface area contributed by atoms with Gasteiger partial charge in [0, 0.05) is 17.5 Å². The third kappa shape index (κ3) is 4.12. The lowest BCUT2D eigenvalue weighted by Crippen LogP contribution is -2.52. The van der Waals surface area contributed by atoms with Crippen molar-refractivity contribution in [3.63, 3.8) is 0 Å². The molecule has 0 aromatic carbocycles. The fourth-order valence-electron chi connectivity index (χ4n) is 2.13. The summed E-state index contributed by atoms with van der Waals surface area (Å²) in [5.41, 5.74) is 5.78. The zero-order chi connectivity index (χ0) is 12.2. The second kappa shape index (κ2) is 5.67. The summed E-state index contributed by atoms with van der Waals surface area (Å²) >= 11 is 0. The van der Waals surface area contributed by atoms with Crippen LogP contribution >= 0.6 is 0 Å². The van der Waals surface area contributed by atoms with E-state index in [1.165, 1.54) is 6.42 Å². The molecule has 1 aliphatic rings. The van der Waals surface area contributed by atoms with Gasteiger partial charge in [0.15, 0.2) is 0 Å². The summed E-state index contributed by atoms with van der Waals surface area (Å²) in [5, 5.41) is 3.16. The molecule has 1 aliphatic carbocycles. The van der Waals surface area contributed by atoms with Gasteiger partial charge in [0.2, 0.25) is 5.91 Å². The predicted octanol–water partition coefficient (Wildman–Crippen LogP) is 2.20. The van der Waals surface area contributed by atoms with Crippen LogP contribution in [0.25, 0.3) is 0 Å². The number of carbonyl (C=O) groups excluding carboxylic acids is 1. The van der Waals surface area contributed by atoms with Crippen molar-refractivity contribution in [3.8, 4) is 0 Å². The summed E-state index contributed by atoms with van der Waals surface area (Å²) in [5.74, 6) is 0.336. The number of nitrogens with two attached hydrogens (primary N) is 1. The molecule has 3 N–H and O–H groups in total. The van der Waals surface area contributed by atoms with Gasteiger partial charge in [0.05, 0.1) is 0 Å². The van der Waals surface area contributed by atoms with Gasteiger partial charge in [-0.15, -0.1) is 0 Å². The van der Waals surface area contributed by atoms with Crippen molar-refractivity contribution in [2.75, 3.05) is 0 Å². The fourth-order valence-corrected chi connectivity index (χ4v) is 2.13. The normalized spacial score (nSPS) is 22.0. The molecule has 1 saturated carbocycles. The monoisotopic (exact) mass is 226 g/mol. The van der Waals surface area contributed by atoms with E-state index in [0.717, 1.165) is 32.1 Å². The lowest BCUT2D eigenvalue weighted by Gasteiger charge is -2.39. The Kier molecular flexibility index (Phi) is 4.78. The fraction of sp³-hybridized carbons (Fsp3) is 0.923. The molecule has 94 valence electrons. The van der Waals surface area contributed by atoms with Crippen LogP contribution in [0.2, 0.25) is 0 Å². The van der Waals surface area contributed by atoms with Gasteiger partial charge in [-0.2, -0.15) is 0 Å². The third-order valence-corrected chi connectivity index (χ3v) is 3.63. The Morgan fingerprint density at radius 1 is 1.38 bits per heavy atom. The molecule has 0 spiro atoms. The standard InChI is InChI=1S/C13H26N2O/c1-10(6-4-7-11(2)14)12(16)15-13(3)8-5-9-13/h10-11H,4-9,14H2,1-3H3,(H,15,16). The van der Waals surface area contributed by atoms with Gasteiger partial charge in [-0.05, 0) is 46.0 Å². The van der Waals surface area contributed by atoms with E-state index in [1.807, 2.05) is 13.8 Å². The van der Waals surface area contributed by atoms with Crippen LogP contribution in [0.15, 0.2) is 0 Å². The van der Waals surface area contributed by atoms with Crippen LogP contribution in [-0.2, 0) is 4.79 Å². The van der Waals surface area contributed by atoms with Gasteiger partial charge in [-0.25, -0.2) is 0 Å². The first kappa shape index (κ1) is 13.5. The van der Waals surface area contributed by atoms with E-state index >= 15 is 0 Å². The number of hydrogen-bond donors (Lipinski definition) is 2. The number of rotatable bonds is 6. The van der Waals surface area contributed by atoms with E-state index in [0.29, 0.717) is 0 Å². The molecule has 3 nitrogen and oxygen atoms in total. The molecule has 2 atom stereocenters. The molecule has 0 heterocycles. The molecular formula is C13H26N2O. The van der Waals surface area contributed by atoms with Crippen LogP contribution in [0.3, 0.4) is 0 Å². The minimum absolute atomic E-state index is 0.0898. The molecule has 3 heteroatoms. The molecular weight excluding hydrogens is 200 g/mol. The molecule has 0 radical (unpaired) electrons. The average Bonchev–Trinajstić information content (AvgIpc) is 2.14. The minimum Gasteiger partial charge on any atom is -0.351 e. The summed E-state index contributed by atoms with van der Waals surface area (Å²) in [6.07, 6.45) is 6.51. The van der Waals surface area contributed by atoms with Gasteiger partial charge in [-0.1, -0.05) is 13.3 Å². The maximum Gasteiger partial charge on any atom is 0.223 e. The highest BCUT2D eigenvalue weighted by Crippen LogP contribution is 2.31. The summed E-state index contributed by atoms with van der Waals surface area (Å²) in [7, 11) is 0. The van der Waals surface area contributed by atoms with Crippen LogP contribution in [0.5, 0.6) is 0 Å². The van der Waals surface area contributed by atoms with Crippen molar-refractivity contribution >= 4 is 5.91 Å². The molecule has 0 saturated heterocycles. The Bertz CT molecular complexity index is 234. The Balaban J connectivity index is 2.20. The van der Waals surface area contributed by atoms with Gasteiger partial charge < -0.3 is 11.1 Å². The van der Waals surface area contributed by atoms with Gasteiger partial charge in [-0.3, -0.25) is 4.79 Å². The summed E-state index contributed by atoms with van der Waals surface area (Å²) in [4.78, 5) is 11.9. The largest absolute Gasteiger partial charge is 0.351 e. The topological polar surface area (TPSA) is 55.1 Å². The van der Waals surface area contributed by atoms with Crippen molar-refractivity contribution in [1.29, 1.82) is 0 Å². The highest BCUT2D eigenvalue weighted by atomic mass is 16.2. The average molecular weight is 226 g/mol. The zero-order valence-electron chi connectivity index (χ0n) is 10.9. The quantitative estimate of drug-likeness (QED) is 0.729. The highest BCUT2D eigenvalue weighted by Gasteiger charge is 2.33. The Morgan fingerprint density at radius 3 is 2.44 bits per heavy atom. The molecule has 2 unspecified atom stereocenters. The summed E-state index contributed by atoms with van der Waals surface area (Å²) in [6.45, 7) is 6.17. The third-order valence-electron chi connectivity index (χ3n) is 3.63. The first-order valence-electron chi connectivity index (χ1n) is 6.50. The zero-order valence-corrected chi connectivity index (χ0v) is 10.9. The van der Waals surface area contributed by atoms with Crippen LogP contribution < -0.4 is 11.1 Å². The van der Waals surface area contributed by atoms with Crippen LogP contribution in [-0.4, -0.2) is 17.5 Å². The van der Waals surface area contributed by atoms with Crippen molar-refractivity contribution < 1.29 is 4.79 Å². The molecule has 1 amide bonds. The molecule has 0 aromatic rings. The number of nitrogens with one attached hydrogen (secondary N) is 1. The molecule has 0 aromatic heterocycles. The Morgan fingerprint density at radius 2 is 2.00 bits per heavy atom. The van der Waals surface area contributed by atoms with Gasteiger partial charge in [0.25, 0.3) is 0 Å². The molecule has 1 rings (SSSR count). The second-order valence-electron chi connectivity index (χ2n) is 5.71. The van der Waals surface area contributed by atoms with Crippen LogP contribution in [0, 0.1) is 5.92 Å². The number of amides is 1.